The van der Waals surface area contributed by atoms with Crippen molar-refractivity contribution in [2.75, 3.05) is 12.4 Å². The predicted octanol–water partition coefficient (Wildman–Crippen LogP) is 6.12. The van der Waals surface area contributed by atoms with Crippen LogP contribution in [0.5, 0.6) is 0 Å². The summed E-state index contributed by atoms with van der Waals surface area (Å²) < 4.78 is 52.1. The van der Waals surface area contributed by atoms with Gasteiger partial charge in [-0.2, -0.15) is 9.61 Å². The van der Waals surface area contributed by atoms with Crippen molar-refractivity contribution >= 4 is 23.2 Å². The van der Waals surface area contributed by atoms with Crippen LogP contribution < -0.4 is 16.4 Å². The second kappa shape index (κ2) is 11.5. The lowest BCUT2D eigenvalue weighted by Crippen LogP contribution is -2.54. The van der Waals surface area contributed by atoms with Gasteiger partial charge in [-0.1, -0.05) is 6.92 Å². The number of amides is 1. The molecule has 2 aliphatic carbocycles. The number of carbonyl (C=O) groups is 1. The molecule has 2 saturated carbocycles. The molecular weight excluding hydrogens is 559 g/mol. The van der Waals surface area contributed by atoms with Gasteiger partial charge in [0.1, 0.15) is 17.3 Å². The summed E-state index contributed by atoms with van der Waals surface area (Å²) in [5, 5.41) is 10.6. The summed E-state index contributed by atoms with van der Waals surface area (Å²) in [6.07, 6.45) is 7.76. The third-order valence-electron chi connectivity index (χ3n) is 8.89. The molecule has 2 fully saturated rings. The lowest BCUT2D eigenvalue weighted by atomic mass is 9.73. The smallest absolute Gasteiger partial charge is 0.407 e. The fraction of sp³-hybridized carbons (Fsp3) is 0.419. The average Bonchev–Trinajstić information content (AvgIpc) is 3.61. The predicted molar refractivity (Wildman–Crippen MR) is 156 cm³/mol. The minimum atomic E-state index is -1.71. The monoisotopic (exact) mass is 593 g/mol. The number of hydrogen-bond acceptors (Lipinski definition) is 7. The number of hydrogen-bond donors (Lipinski definition) is 3. The van der Waals surface area contributed by atoms with Crippen molar-refractivity contribution < 1.29 is 22.7 Å². The SMILES string of the molecule is COC(=O)N[C@@H]1[C@H](N)C[C@H](c2ccncc2Nc2ncc3ccc(-c4c(F)cc(C5(F)CCCC5)cc4F)nn23)C[C@@H]1C. The van der Waals surface area contributed by atoms with Crippen LogP contribution in [0.2, 0.25) is 0 Å². The fourth-order valence-electron chi connectivity index (χ4n) is 6.68. The van der Waals surface area contributed by atoms with E-state index in [1.165, 1.54) is 17.7 Å². The second-order valence-corrected chi connectivity index (χ2v) is 11.7. The normalized spacial score (nSPS) is 23.3. The largest absolute Gasteiger partial charge is 0.453 e. The number of nitrogens with one attached hydrogen (secondary N) is 2. The van der Waals surface area contributed by atoms with Gasteiger partial charge in [0.2, 0.25) is 5.95 Å². The topological polar surface area (TPSA) is 119 Å². The molecule has 1 aromatic carbocycles. The molecule has 9 nitrogen and oxygen atoms in total. The number of aromatic nitrogens is 4. The van der Waals surface area contributed by atoms with Crippen molar-refractivity contribution in [2.45, 2.75) is 69.1 Å². The number of rotatable bonds is 6. The highest BCUT2D eigenvalue weighted by atomic mass is 19.1. The number of alkyl halides is 1. The highest BCUT2D eigenvalue weighted by Gasteiger charge is 2.38. The van der Waals surface area contributed by atoms with Crippen LogP contribution in [0.15, 0.2) is 48.9 Å². The fourth-order valence-corrected chi connectivity index (χ4v) is 6.68. The third kappa shape index (κ3) is 5.51. The van der Waals surface area contributed by atoms with Gasteiger partial charge in [-0.3, -0.25) is 4.98 Å². The molecule has 43 heavy (non-hydrogen) atoms. The Morgan fingerprint density at radius 2 is 1.86 bits per heavy atom. The Morgan fingerprint density at radius 1 is 1.12 bits per heavy atom. The van der Waals surface area contributed by atoms with Gasteiger partial charge in [0.05, 0.1) is 42.0 Å². The van der Waals surface area contributed by atoms with Crippen LogP contribution in [-0.2, 0) is 10.4 Å². The summed E-state index contributed by atoms with van der Waals surface area (Å²) in [4.78, 5) is 20.6. The van der Waals surface area contributed by atoms with E-state index in [9.17, 15) is 4.79 Å². The summed E-state index contributed by atoms with van der Waals surface area (Å²) in [7, 11) is 1.32. The number of halogens is 3. The lowest BCUT2D eigenvalue weighted by Gasteiger charge is -2.39. The maximum Gasteiger partial charge on any atom is 0.407 e. The quantitative estimate of drug-likeness (QED) is 0.247. The average molecular weight is 594 g/mol. The molecule has 3 heterocycles. The molecule has 0 spiro atoms. The van der Waals surface area contributed by atoms with E-state index >= 15 is 13.2 Å². The van der Waals surface area contributed by atoms with Crippen LogP contribution in [0.3, 0.4) is 0 Å². The van der Waals surface area contributed by atoms with Gasteiger partial charge in [0, 0.05) is 18.3 Å². The molecule has 0 bridgehead atoms. The van der Waals surface area contributed by atoms with E-state index in [-0.39, 0.29) is 53.6 Å². The number of alkyl carbamates (subject to hydrolysis) is 1. The van der Waals surface area contributed by atoms with Crippen molar-refractivity contribution in [1.29, 1.82) is 0 Å². The summed E-state index contributed by atoms with van der Waals surface area (Å²) in [5.74, 6) is -1.24. The van der Waals surface area contributed by atoms with Gasteiger partial charge in [-0.05, 0) is 91.8 Å². The molecule has 12 heteroatoms. The molecule has 4 N–H and O–H groups in total. The summed E-state index contributed by atoms with van der Waals surface area (Å²) in [5.41, 5.74) is 6.81. The molecule has 4 atom stereocenters. The van der Waals surface area contributed by atoms with Crippen LogP contribution >= 0.6 is 0 Å². The number of fused-ring (bicyclic) bond motifs is 1. The van der Waals surface area contributed by atoms with Crippen LogP contribution in [0.4, 0.5) is 29.6 Å². The first-order chi connectivity index (χ1) is 20.7. The number of imidazole rings is 1. The van der Waals surface area contributed by atoms with Crippen molar-refractivity contribution in [3.63, 3.8) is 0 Å². The van der Waals surface area contributed by atoms with Crippen LogP contribution in [0, 0.1) is 17.6 Å². The maximum atomic E-state index is 15.3. The van der Waals surface area contributed by atoms with Gasteiger partial charge in [-0.25, -0.2) is 22.9 Å². The number of pyridine rings is 1. The number of benzene rings is 1. The Morgan fingerprint density at radius 3 is 2.56 bits per heavy atom. The number of methoxy groups -OCH3 is 1. The summed E-state index contributed by atoms with van der Waals surface area (Å²) in [6.45, 7) is 2.04. The highest BCUT2D eigenvalue weighted by Crippen LogP contribution is 2.44. The molecular formula is C31H34F3N7O2. The number of anilines is 2. The van der Waals surface area contributed by atoms with E-state index in [4.69, 9.17) is 10.5 Å². The number of ether oxygens (including phenoxy) is 1. The summed E-state index contributed by atoms with van der Waals surface area (Å²) in [6, 6.07) is 6.77. The standard InChI is InChI=1S/C31H34F3N7O2/c1-17-11-18(12-24(35)28(17)39-30(42)43-2)21-7-10-36-16-26(21)38-29-37-15-20-5-6-25(40-41(20)29)27-22(32)13-19(14-23(27)33)31(34)8-3-4-9-31/h5-7,10,13-18,24,28H,3-4,8-9,11-12,35H2,1-2H3,(H,37,38)(H,39,42)/t17-,18+,24+,28-/m0/s1. The van der Waals surface area contributed by atoms with Crippen molar-refractivity contribution in [2.24, 2.45) is 11.7 Å². The zero-order valence-electron chi connectivity index (χ0n) is 24.0. The zero-order valence-corrected chi connectivity index (χ0v) is 24.0. The first-order valence-corrected chi connectivity index (χ1v) is 14.5. The lowest BCUT2D eigenvalue weighted by molar-refractivity contribution is 0.149. The van der Waals surface area contributed by atoms with Gasteiger partial charge in [0.15, 0.2) is 0 Å². The van der Waals surface area contributed by atoms with E-state index in [0.717, 1.165) is 24.1 Å². The molecule has 3 aromatic heterocycles. The Kier molecular flexibility index (Phi) is 7.72. The molecule has 0 aliphatic heterocycles. The Bertz CT molecular complexity index is 1620. The van der Waals surface area contributed by atoms with Crippen molar-refractivity contribution in [3.05, 3.63) is 71.7 Å². The molecule has 2 aliphatic rings. The third-order valence-corrected chi connectivity index (χ3v) is 8.89. The number of nitrogens with two attached hydrogens (primary N) is 1. The van der Waals surface area contributed by atoms with Crippen molar-refractivity contribution in [1.82, 2.24) is 24.9 Å². The van der Waals surface area contributed by atoms with E-state index in [2.05, 4.69) is 25.7 Å². The first-order valence-electron chi connectivity index (χ1n) is 14.5. The van der Waals surface area contributed by atoms with E-state index in [0.29, 0.717) is 36.4 Å². The Balaban J connectivity index is 1.28. The Hall–Kier alpha value is -4.19. The molecule has 6 rings (SSSR count). The number of carbonyl (C=O) groups excluding carboxylic acids is 1. The highest BCUT2D eigenvalue weighted by molar-refractivity contribution is 5.68. The Labute approximate surface area is 247 Å². The molecule has 0 unspecified atom stereocenters. The van der Waals surface area contributed by atoms with Crippen molar-refractivity contribution in [3.8, 4) is 11.3 Å². The van der Waals surface area contributed by atoms with Gasteiger partial charge < -0.3 is 21.1 Å². The first kappa shape index (κ1) is 28.9. The van der Waals surface area contributed by atoms with Gasteiger partial charge >= 0.3 is 6.09 Å². The maximum absolute atomic E-state index is 15.3. The van der Waals surface area contributed by atoms with Crippen LogP contribution in [0.1, 0.15) is 62.5 Å². The molecule has 226 valence electrons. The molecule has 4 aromatic rings. The van der Waals surface area contributed by atoms with E-state index in [1.807, 2.05) is 13.0 Å². The van der Waals surface area contributed by atoms with E-state index in [1.54, 1.807) is 24.7 Å². The second-order valence-electron chi connectivity index (χ2n) is 11.7. The van der Waals surface area contributed by atoms with Crippen LogP contribution in [0.25, 0.3) is 16.8 Å². The minimum Gasteiger partial charge on any atom is -0.453 e. The van der Waals surface area contributed by atoms with Gasteiger partial charge in [-0.15, -0.1) is 0 Å². The molecule has 0 radical (unpaired) electrons. The minimum absolute atomic E-state index is 0.0306. The molecule has 1 amide bonds. The number of nitrogens with zero attached hydrogens (tertiary/aromatic N) is 4. The summed E-state index contributed by atoms with van der Waals surface area (Å²) >= 11 is 0. The van der Waals surface area contributed by atoms with Crippen LogP contribution in [-0.4, -0.2) is 44.9 Å². The van der Waals surface area contributed by atoms with Gasteiger partial charge in [0.25, 0.3) is 0 Å². The zero-order chi connectivity index (χ0) is 30.3. The molecule has 0 saturated heterocycles. The van der Waals surface area contributed by atoms with E-state index < -0.39 is 23.4 Å².